The summed E-state index contributed by atoms with van der Waals surface area (Å²) in [4.78, 5) is 34.4. The van der Waals surface area contributed by atoms with Gasteiger partial charge >= 0.3 is 5.97 Å². The minimum atomic E-state index is -0.813. The number of amides is 1. The summed E-state index contributed by atoms with van der Waals surface area (Å²) < 4.78 is 1.73. The van der Waals surface area contributed by atoms with Crippen molar-refractivity contribution in [2.75, 3.05) is 10.6 Å². The van der Waals surface area contributed by atoms with E-state index in [-0.39, 0.29) is 23.6 Å². The second kappa shape index (κ2) is 12.5. The Kier molecular flexibility index (Phi) is 8.85. The molecular formula is C26H27ClN6O5. The van der Waals surface area contributed by atoms with Crippen LogP contribution >= 0.6 is 11.6 Å². The van der Waals surface area contributed by atoms with Crippen molar-refractivity contribution in [3.8, 4) is 5.82 Å². The number of aliphatic hydroxyl groups excluding tert-OH is 1. The van der Waals surface area contributed by atoms with E-state index in [1.807, 2.05) is 18.2 Å². The molecule has 0 spiro atoms. The van der Waals surface area contributed by atoms with Crippen LogP contribution in [0, 0.1) is 0 Å². The number of rotatable bonds is 5. The lowest BCUT2D eigenvalue weighted by atomic mass is 9.93. The molecule has 1 fully saturated rings. The fraction of sp³-hybridized carbons (Fsp3) is 0.269. The number of hydrogen-bond acceptors (Lipinski definition) is 9. The first-order chi connectivity index (χ1) is 18.3. The zero-order chi connectivity index (χ0) is 27.1. The number of nitrogens with zero attached hydrogens (tertiary/aromatic N) is 4. The number of nitrogens with one attached hydrogen (secondary N) is 2. The van der Waals surface area contributed by atoms with Crippen LogP contribution in [-0.2, 0) is 9.68 Å². The van der Waals surface area contributed by atoms with Gasteiger partial charge in [-0.05, 0) is 62.1 Å². The summed E-state index contributed by atoms with van der Waals surface area (Å²) in [5, 5.41) is 29.6. The van der Waals surface area contributed by atoms with E-state index in [2.05, 4.69) is 30.6 Å². The number of anilines is 2. The van der Waals surface area contributed by atoms with Crippen LogP contribution in [0.25, 0.3) is 16.7 Å². The molecular weight excluding hydrogens is 512 g/mol. The minimum Gasteiger partial charge on any atom is -0.393 e. The molecule has 0 saturated heterocycles. The summed E-state index contributed by atoms with van der Waals surface area (Å²) in [6, 6.07) is 13.8. The van der Waals surface area contributed by atoms with Crippen molar-refractivity contribution >= 4 is 46.0 Å². The van der Waals surface area contributed by atoms with E-state index in [1.165, 1.54) is 19.1 Å². The fourth-order valence-electron chi connectivity index (χ4n) is 4.09. The maximum absolute atomic E-state index is 11.3. The Labute approximate surface area is 223 Å². The number of aromatic nitrogens is 4. The number of benzene rings is 2. The van der Waals surface area contributed by atoms with Gasteiger partial charge in [-0.3, -0.25) is 9.68 Å². The Bertz CT molecular complexity index is 1420. The van der Waals surface area contributed by atoms with Crippen LogP contribution in [-0.4, -0.2) is 54.1 Å². The van der Waals surface area contributed by atoms with Crippen LogP contribution in [0.15, 0.2) is 60.9 Å². The SMILES string of the molecule is CC(=O)Nc1ccc2cnn(-c3ccnc(NC4CCC(O)CC4)n3)c2c1.O=C(OO)c1cccc(Cl)c1. The number of aliphatic hydroxyl groups is 1. The van der Waals surface area contributed by atoms with E-state index in [0.29, 0.717) is 22.5 Å². The predicted octanol–water partition coefficient (Wildman–Crippen LogP) is 4.46. The van der Waals surface area contributed by atoms with Gasteiger partial charge in [0.25, 0.3) is 0 Å². The van der Waals surface area contributed by atoms with E-state index >= 15 is 0 Å². The van der Waals surface area contributed by atoms with E-state index < -0.39 is 5.97 Å². The monoisotopic (exact) mass is 538 g/mol. The van der Waals surface area contributed by atoms with E-state index in [1.54, 1.807) is 35.3 Å². The summed E-state index contributed by atoms with van der Waals surface area (Å²) >= 11 is 5.56. The number of fused-ring (bicyclic) bond motifs is 1. The third-order valence-electron chi connectivity index (χ3n) is 5.92. The largest absolute Gasteiger partial charge is 0.393 e. The molecule has 2 aromatic heterocycles. The number of carbonyl (C=O) groups excluding carboxylic acids is 2. The van der Waals surface area contributed by atoms with Crippen molar-refractivity contribution in [2.24, 2.45) is 0 Å². The Morgan fingerprint density at radius 2 is 1.89 bits per heavy atom. The lowest BCUT2D eigenvalue weighted by Gasteiger charge is -2.26. The highest BCUT2D eigenvalue weighted by Gasteiger charge is 2.20. The summed E-state index contributed by atoms with van der Waals surface area (Å²) in [6.07, 6.45) is 6.68. The first-order valence-corrected chi connectivity index (χ1v) is 12.3. The lowest BCUT2D eigenvalue weighted by Crippen LogP contribution is -2.29. The molecule has 1 saturated carbocycles. The first kappa shape index (κ1) is 27.0. The Morgan fingerprint density at radius 1 is 1.11 bits per heavy atom. The molecule has 38 heavy (non-hydrogen) atoms. The molecule has 0 aliphatic heterocycles. The highest BCUT2D eigenvalue weighted by Crippen LogP contribution is 2.23. The molecule has 1 aliphatic rings. The summed E-state index contributed by atoms with van der Waals surface area (Å²) in [7, 11) is 0. The van der Waals surface area contributed by atoms with Crippen LogP contribution in [0.1, 0.15) is 43.0 Å². The van der Waals surface area contributed by atoms with Crippen molar-refractivity contribution < 1.29 is 24.8 Å². The normalized spacial score (nSPS) is 16.7. The quantitative estimate of drug-likeness (QED) is 0.213. The summed E-state index contributed by atoms with van der Waals surface area (Å²) in [5.74, 6) is 0.271. The Balaban J connectivity index is 0.000000257. The van der Waals surface area contributed by atoms with Crippen molar-refractivity contribution in [1.82, 2.24) is 19.7 Å². The lowest BCUT2D eigenvalue weighted by molar-refractivity contribution is -0.182. The minimum absolute atomic E-state index is 0.119. The van der Waals surface area contributed by atoms with Gasteiger partial charge in [0, 0.05) is 41.3 Å². The van der Waals surface area contributed by atoms with Crippen LogP contribution < -0.4 is 10.6 Å². The highest BCUT2D eigenvalue weighted by molar-refractivity contribution is 6.30. The second-order valence-corrected chi connectivity index (χ2v) is 9.22. The average Bonchev–Trinajstić information content (AvgIpc) is 3.33. The number of halogens is 1. The summed E-state index contributed by atoms with van der Waals surface area (Å²) in [5.41, 5.74) is 1.79. The molecule has 198 valence electrons. The van der Waals surface area contributed by atoms with Crippen molar-refractivity contribution in [1.29, 1.82) is 0 Å². The predicted molar refractivity (Wildman–Crippen MR) is 142 cm³/mol. The molecule has 0 radical (unpaired) electrons. The van der Waals surface area contributed by atoms with Crippen LogP contribution in [0.4, 0.5) is 11.6 Å². The van der Waals surface area contributed by atoms with Gasteiger partial charge in [-0.1, -0.05) is 17.7 Å². The Hall–Kier alpha value is -4.06. The molecule has 1 amide bonds. The van der Waals surface area contributed by atoms with E-state index in [0.717, 1.165) is 36.6 Å². The third kappa shape index (κ3) is 7.03. The molecule has 2 aromatic carbocycles. The Morgan fingerprint density at radius 3 is 2.61 bits per heavy atom. The maximum Gasteiger partial charge on any atom is 0.372 e. The zero-order valence-corrected chi connectivity index (χ0v) is 21.3. The van der Waals surface area contributed by atoms with Crippen LogP contribution in [0.3, 0.4) is 0 Å². The smallest absolute Gasteiger partial charge is 0.372 e. The molecule has 1 aliphatic carbocycles. The highest BCUT2D eigenvalue weighted by atomic mass is 35.5. The van der Waals surface area contributed by atoms with Crippen molar-refractivity contribution in [2.45, 2.75) is 44.8 Å². The molecule has 4 N–H and O–H groups in total. The van der Waals surface area contributed by atoms with Gasteiger partial charge in [0.15, 0.2) is 5.82 Å². The number of hydrogen-bond donors (Lipinski definition) is 4. The van der Waals surface area contributed by atoms with Gasteiger partial charge in [0.05, 0.1) is 23.4 Å². The third-order valence-corrected chi connectivity index (χ3v) is 6.16. The van der Waals surface area contributed by atoms with Gasteiger partial charge in [0.2, 0.25) is 11.9 Å². The molecule has 4 aromatic rings. The van der Waals surface area contributed by atoms with Gasteiger partial charge < -0.3 is 15.7 Å². The fourth-order valence-corrected chi connectivity index (χ4v) is 4.28. The first-order valence-electron chi connectivity index (χ1n) is 12.0. The summed E-state index contributed by atoms with van der Waals surface area (Å²) in [6.45, 7) is 1.48. The van der Waals surface area contributed by atoms with Crippen LogP contribution in [0.5, 0.6) is 0 Å². The van der Waals surface area contributed by atoms with Gasteiger partial charge in [-0.15, -0.1) is 0 Å². The molecule has 12 heteroatoms. The van der Waals surface area contributed by atoms with E-state index in [4.69, 9.17) is 16.9 Å². The molecule has 0 atom stereocenters. The van der Waals surface area contributed by atoms with Gasteiger partial charge in [0.1, 0.15) is 0 Å². The topological polar surface area (TPSA) is 151 Å². The van der Waals surface area contributed by atoms with Gasteiger partial charge in [-0.25, -0.2) is 14.5 Å². The second-order valence-electron chi connectivity index (χ2n) is 8.79. The van der Waals surface area contributed by atoms with E-state index in [9.17, 15) is 14.7 Å². The zero-order valence-electron chi connectivity index (χ0n) is 20.5. The van der Waals surface area contributed by atoms with Crippen LogP contribution in [0.2, 0.25) is 5.02 Å². The molecule has 0 unspecified atom stereocenters. The molecule has 2 heterocycles. The molecule has 5 rings (SSSR count). The average molecular weight is 539 g/mol. The number of carbonyl (C=O) groups is 2. The maximum atomic E-state index is 11.3. The molecule has 11 nitrogen and oxygen atoms in total. The van der Waals surface area contributed by atoms with Gasteiger partial charge in [-0.2, -0.15) is 15.3 Å². The van der Waals surface area contributed by atoms with Crippen molar-refractivity contribution in [3.63, 3.8) is 0 Å². The standard InChI is InChI=1S/C19H22N6O2.C7H5ClO3/c1-12(26)22-15-3-2-13-11-21-25(17(13)10-15)18-8-9-20-19(24-18)23-14-4-6-16(27)7-5-14;8-6-3-1-2-5(4-6)7(9)11-10/h2-3,8-11,14,16,27H,4-7H2,1H3,(H,22,26)(H,20,23,24);1-4,10H. The van der Waals surface area contributed by atoms with Crippen molar-refractivity contribution in [3.05, 3.63) is 71.5 Å². The molecule has 0 bridgehead atoms.